The number of nitrogens with one attached hydrogen (secondary N) is 2. The standard InChI is InChI=1S/C8H8BrN3/c1-5-7(12-8(9)11-5)6-2-3-10-4-6/h2-4,10H,1H3,(H,11,12). The summed E-state index contributed by atoms with van der Waals surface area (Å²) >= 11 is 3.29. The van der Waals surface area contributed by atoms with Crippen LogP contribution in [0.4, 0.5) is 0 Å². The molecule has 0 spiro atoms. The smallest absolute Gasteiger partial charge is 0.175 e. The molecule has 3 nitrogen and oxygen atoms in total. The van der Waals surface area contributed by atoms with Crippen LogP contribution in [0.15, 0.2) is 23.2 Å². The molecule has 0 bridgehead atoms. The number of aryl methyl sites for hydroxylation is 1. The second kappa shape index (κ2) is 2.79. The highest BCUT2D eigenvalue weighted by Crippen LogP contribution is 2.21. The van der Waals surface area contributed by atoms with Crippen molar-refractivity contribution < 1.29 is 0 Å². The number of H-pyrrole nitrogens is 2. The molecule has 0 aromatic carbocycles. The van der Waals surface area contributed by atoms with Crippen LogP contribution in [0.3, 0.4) is 0 Å². The van der Waals surface area contributed by atoms with Gasteiger partial charge in [0.2, 0.25) is 0 Å². The number of rotatable bonds is 1. The fourth-order valence-corrected chi connectivity index (χ4v) is 1.65. The molecule has 62 valence electrons. The lowest BCUT2D eigenvalue weighted by Gasteiger charge is -1.90. The summed E-state index contributed by atoms with van der Waals surface area (Å²) in [6.07, 6.45) is 3.81. The van der Waals surface area contributed by atoms with Crippen molar-refractivity contribution in [3.05, 3.63) is 28.9 Å². The first-order valence-corrected chi connectivity index (χ1v) is 4.42. The third kappa shape index (κ3) is 1.18. The summed E-state index contributed by atoms with van der Waals surface area (Å²) in [5.74, 6) is 0. The Kier molecular flexibility index (Phi) is 1.77. The van der Waals surface area contributed by atoms with Crippen LogP contribution in [-0.4, -0.2) is 15.0 Å². The van der Waals surface area contributed by atoms with E-state index >= 15 is 0 Å². The van der Waals surface area contributed by atoms with E-state index in [2.05, 4.69) is 30.9 Å². The normalized spacial score (nSPS) is 10.5. The highest BCUT2D eigenvalue weighted by Gasteiger charge is 2.06. The maximum atomic E-state index is 4.29. The number of imidazole rings is 1. The van der Waals surface area contributed by atoms with Gasteiger partial charge >= 0.3 is 0 Å². The molecule has 0 aliphatic carbocycles. The van der Waals surface area contributed by atoms with E-state index < -0.39 is 0 Å². The van der Waals surface area contributed by atoms with Crippen LogP contribution in [0.2, 0.25) is 0 Å². The van der Waals surface area contributed by atoms with Gasteiger partial charge in [-0.2, -0.15) is 0 Å². The van der Waals surface area contributed by atoms with Gasteiger partial charge in [-0.05, 0) is 28.9 Å². The molecule has 2 aromatic rings. The molecule has 2 N–H and O–H groups in total. The van der Waals surface area contributed by atoms with Crippen LogP contribution in [0.5, 0.6) is 0 Å². The molecule has 0 radical (unpaired) electrons. The minimum absolute atomic E-state index is 0.774. The molecule has 0 atom stereocenters. The molecular formula is C8H8BrN3. The van der Waals surface area contributed by atoms with Gasteiger partial charge in [-0.25, -0.2) is 4.98 Å². The average Bonchev–Trinajstić information content (AvgIpc) is 2.58. The van der Waals surface area contributed by atoms with Gasteiger partial charge in [-0.1, -0.05) is 0 Å². The number of halogens is 1. The summed E-state index contributed by atoms with van der Waals surface area (Å²) in [6, 6.07) is 2.00. The van der Waals surface area contributed by atoms with Crippen LogP contribution < -0.4 is 0 Å². The molecule has 0 saturated heterocycles. The summed E-state index contributed by atoms with van der Waals surface area (Å²) < 4.78 is 0.774. The number of hydrogen-bond acceptors (Lipinski definition) is 1. The van der Waals surface area contributed by atoms with Crippen LogP contribution >= 0.6 is 15.9 Å². The second-order valence-corrected chi connectivity index (χ2v) is 3.35. The van der Waals surface area contributed by atoms with E-state index in [1.165, 1.54) is 0 Å². The SMILES string of the molecule is Cc1[nH]c(Br)nc1-c1cc[nH]c1. The second-order valence-electron chi connectivity index (χ2n) is 2.60. The Labute approximate surface area is 78.4 Å². The van der Waals surface area contributed by atoms with Gasteiger partial charge in [-0.3, -0.25) is 0 Å². The van der Waals surface area contributed by atoms with Crippen molar-refractivity contribution in [1.29, 1.82) is 0 Å². The van der Waals surface area contributed by atoms with Gasteiger partial charge in [0.1, 0.15) is 0 Å². The number of nitrogens with zero attached hydrogens (tertiary/aromatic N) is 1. The van der Waals surface area contributed by atoms with Gasteiger partial charge in [0, 0.05) is 23.7 Å². The maximum Gasteiger partial charge on any atom is 0.175 e. The summed E-state index contributed by atoms with van der Waals surface area (Å²) in [4.78, 5) is 10.4. The third-order valence-corrected chi connectivity index (χ3v) is 2.10. The highest BCUT2D eigenvalue weighted by molar-refractivity contribution is 9.10. The molecule has 0 amide bonds. The lowest BCUT2D eigenvalue weighted by atomic mass is 10.2. The molecule has 2 heterocycles. The van der Waals surface area contributed by atoms with Gasteiger partial charge in [0.05, 0.1) is 5.69 Å². The van der Waals surface area contributed by atoms with Crippen molar-refractivity contribution in [2.45, 2.75) is 6.92 Å². The van der Waals surface area contributed by atoms with Crippen molar-refractivity contribution in [2.75, 3.05) is 0 Å². The van der Waals surface area contributed by atoms with E-state index in [-0.39, 0.29) is 0 Å². The molecule has 0 fully saturated rings. The van der Waals surface area contributed by atoms with Crippen molar-refractivity contribution >= 4 is 15.9 Å². The average molecular weight is 226 g/mol. The first-order valence-electron chi connectivity index (χ1n) is 3.62. The quantitative estimate of drug-likeness (QED) is 0.770. The topological polar surface area (TPSA) is 44.5 Å². The van der Waals surface area contributed by atoms with Gasteiger partial charge in [0.15, 0.2) is 4.73 Å². The molecule has 12 heavy (non-hydrogen) atoms. The van der Waals surface area contributed by atoms with Crippen molar-refractivity contribution in [3.8, 4) is 11.3 Å². The Bertz CT molecular complexity index is 375. The zero-order valence-electron chi connectivity index (χ0n) is 6.56. The van der Waals surface area contributed by atoms with Crippen molar-refractivity contribution in [2.24, 2.45) is 0 Å². The van der Waals surface area contributed by atoms with E-state index in [9.17, 15) is 0 Å². The van der Waals surface area contributed by atoms with E-state index in [1.807, 2.05) is 25.4 Å². The highest BCUT2D eigenvalue weighted by atomic mass is 79.9. The summed E-state index contributed by atoms with van der Waals surface area (Å²) in [6.45, 7) is 2.00. The Hall–Kier alpha value is -1.03. The van der Waals surface area contributed by atoms with Gasteiger partial charge in [0.25, 0.3) is 0 Å². The van der Waals surface area contributed by atoms with Gasteiger partial charge < -0.3 is 9.97 Å². The molecule has 0 saturated carbocycles. The van der Waals surface area contributed by atoms with E-state index in [0.29, 0.717) is 0 Å². The Morgan fingerprint density at radius 3 is 2.83 bits per heavy atom. The van der Waals surface area contributed by atoms with Crippen molar-refractivity contribution in [1.82, 2.24) is 15.0 Å². The monoisotopic (exact) mass is 225 g/mol. The molecule has 0 aliphatic rings. The minimum atomic E-state index is 0.774. The maximum absolute atomic E-state index is 4.29. The van der Waals surface area contributed by atoms with E-state index in [0.717, 1.165) is 21.7 Å². The fraction of sp³-hybridized carbons (Fsp3) is 0.125. The lowest BCUT2D eigenvalue weighted by molar-refractivity contribution is 1.20. The Morgan fingerprint density at radius 2 is 2.33 bits per heavy atom. The summed E-state index contributed by atoms with van der Waals surface area (Å²) in [7, 11) is 0. The molecule has 0 unspecified atom stereocenters. The Morgan fingerprint density at radius 1 is 1.50 bits per heavy atom. The predicted molar refractivity (Wildman–Crippen MR) is 50.8 cm³/mol. The zero-order chi connectivity index (χ0) is 8.55. The van der Waals surface area contributed by atoms with E-state index in [4.69, 9.17) is 0 Å². The molecule has 0 aliphatic heterocycles. The van der Waals surface area contributed by atoms with Crippen LogP contribution in [0.25, 0.3) is 11.3 Å². The van der Waals surface area contributed by atoms with Crippen molar-refractivity contribution in [3.63, 3.8) is 0 Å². The number of aromatic amines is 2. The zero-order valence-corrected chi connectivity index (χ0v) is 8.14. The van der Waals surface area contributed by atoms with Crippen LogP contribution in [0, 0.1) is 6.92 Å². The number of hydrogen-bond donors (Lipinski definition) is 2. The van der Waals surface area contributed by atoms with Crippen LogP contribution in [-0.2, 0) is 0 Å². The van der Waals surface area contributed by atoms with Crippen LogP contribution in [0.1, 0.15) is 5.69 Å². The first kappa shape index (κ1) is 7.61. The van der Waals surface area contributed by atoms with Gasteiger partial charge in [-0.15, -0.1) is 0 Å². The summed E-state index contributed by atoms with van der Waals surface area (Å²) in [5.41, 5.74) is 3.17. The minimum Gasteiger partial charge on any atom is -0.367 e. The molecule has 2 rings (SSSR count). The summed E-state index contributed by atoms with van der Waals surface area (Å²) in [5, 5.41) is 0. The first-order chi connectivity index (χ1) is 5.77. The fourth-order valence-electron chi connectivity index (χ4n) is 1.18. The Balaban J connectivity index is 2.54. The largest absolute Gasteiger partial charge is 0.367 e. The predicted octanol–water partition coefficient (Wildman–Crippen LogP) is 2.48. The molecule has 2 aromatic heterocycles. The number of aromatic nitrogens is 3. The third-order valence-electron chi connectivity index (χ3n) is 1.73. The molecule has 4 heteroatoms. The molecular weight excluding hydrogens is 218 g/mol. The lowest BCUT2D eigenvalue weighted by Crippen LogP contribution is -1.76. The van der Waals surface area contributed by atoms with E-state index in [1.54, 1.807) is 0 Å².